The molecule has 3 rings (SSSR count). The monoisotopic (exact) mass is 218 g/mol. The molecular weight excluding hydrogens is 200 g/mol. The first-order chi connectivity index (χ1) is 7.79. The van der Waals surface area contributed by atoms with E-state index in [1.165, 1.54) is 17.7 Å². The molecule has 0 radical (unpaired) electrons. The lowest BCUT2D eigenvalue weighted by molar-refractivity contribution is 0.255. The number of nitrogens with zero attached hydrogens (tertiary/aromatic N) is 1. The van der Waals surface area contributed by atoms with Gasteiger partial charge in [-0.3, -0.25) is 4.79 Å². The first-order valence-corrected chi connectivity index (χ1v) is 6.23. The molecule has 1 aromatic heterocycles. The van der Waals surface area contributed by atoms with Crippen LogP contribution < -0.4 is 10.9 Å². The van der Waals surface area contributed by atoms with Crippen LogP contribution in [0.15, 0.2) is 16.9 Å². The molecule has 2 aliphatic rings. The van der Waals surface area contributed by atoms with Gasteiger partial charge >= 0.3 is 0 Å². The van der Waals surface area contributed by atoms with Crippen LogP contribution in [-0.4, -0.2) is 17.7 Å². The number of aromatic nitrogens is 1. The van der Waals surface area contributed by atoms with E-state index in [4.69, 9.17) is 0 Å². The van der Waals surface area contributed by atoms with Crippen LogP contribution in [0.2, 0.25) is 0 Å². The molecule has 0 aromatic carbocycles. The Labute approximate surface area is 95.5 Å². The smallest absolute Gasteiger partial charge is 0.250 e. The predicted octanol–water partition coefficient (Wildman–Crippen LogP) is 1.12. The van der Waals surface area contributed by atoms with Gasteiger partial charge in [0.05, 0.1) is 0 Å². The van der Waals surface area contributed by atoms with Crippen molar-refractivity contribution in [3.8, 4) is 0 Å². The van der Waals surface area contributed by atoms with Crippen LogP contribution in [0, 0.1) is 5.92 Å². The molecule has 2 aliphatic heterocycles. The minimum Gasteiger partial charge on any atom is -0.316 e. The molecule has 1 saturated heterocycles. The van der Waals surface area contributed by atoms with Crippen molar-refractivity contribution in [3.05, 3.63) is 33.7 Å². The van der Waals surface area contributed by atoms with Gasteiger partial charge in [-0.2, -0.15) is 0 Å². The van der Waals surface area contributed by atoms with Crippen molar-refractivity contribution in [3.63, 3.8) is 0 Å². The van der Waals surface area contributed by atoms with E-state index in [-0.39, 0.29) is 5.56 Å². The van der Waals surface area contributed by atoms with Crippen molar-refractivity contribution in [2.45, 2.75) is 32.2 Å². The normalized spacial score (nSPS) is 27.6. The van der Waals surface area contributed by atoms with Crippen molar-refractivity contribution in [2.75, 3.05) is 13.1 Å². The Morgan fingerprint density at radius 2 is 2.31 bits per heavy atom. The molecule has 3 nitrogen and oxygen atoms in total. The number of fused-ring (bicyclic) bond motifs is 4. The van der Waals surface area contributed by atoms with Gasteiger partial charge in [-0.15, -0.1) is 0 Å². The Morgan fingerprint density at radius 3 is 3.12 bits per heavy atom. The maximum atomic E-state index is 11.9. The molecule has 2 bridgehead atoms. The van der Waals surface area contributed by atoms with Crippen molar-refractivity contribution in [1.29, 1.82) is 0 Å². The van der Waals surface area contributed by atoms with Gasteiger partial charge in [0.25, 0.3) is 5.56 Å². The summed E-state index contributed by atoms with van der Waals surface area (Å²) in [5.41, 5.74) is 2.84. The van der Waals surface area contributed by atoms with Gasteiger partial charge < -0.3 is 9.88 Å². The van der Waals surface area contributed by atoms with E-state index in [0.29, 0.717) is 11.8 Å². The summed E-state index contributed by atoms with van der Waals surface area (Å²) in [5.74, 6) is 1.20. The second-order valence-electron chi connectivity index (χ2n) is 5.00. The SMILES string of the molecule is CCc1ccc(=O)n2c1[C@H]1CNC[C@H](C1)C2. The van der Waals surface area contributed by atoms with Crippen molar-refractivity contribution in [1.82, 2.24) is 9.88 Å². The van der Waals surface area contributed by atoms with E-state index in [1.54, 1.807) is 6.07 Å². The Balaban J connectivity index is 2.18. The quantitative estimate of drug-likeness (QED) is 0.766. The number of piperidine rings is 1. The number of rotatable bonds is 1. The van der Waals surface area contributed by atoms with Gasteiger partial charge in [0.15, 0.2) is 0 Å². The summed E-state index contributed by atoms with van der Waals surface area (Å²) >= 11 is 0. The zero-order valence-corrected chi connectivity index (χ0v) is 9.70. The first kappa shape index (κ1) is 10.1. The molecule has 0 unspecified atom stereocenters. The highest BCUT2D eigenvalue weighted by Crippen LogP contribution is 2.33. The molecule has 1 fully saturated rings. The lowest BCUT2D eigenvalue weighted by atomic mass is 9.82. The summed E-state index contributed by atoms with van der Waals surface area (Å²) < 4.78 is 2.03. The number of hydrogen-bond acceptors (Lipinski definition) is 2. The standard InChI is InChI=1S/C13H18N2O/c1-2-10-3-4-12(16)15-8-9-5-11(13(10)15)7-14-6-9/h3-4,9,11,14H,2,5-8H2,1H3/t9-,11+/m0/s1. The second kappa shape index (κ2) is 3.74. The number of aryl methyl sites for hydroxylation is 1. The minimum absolute atomic E-state index is 0.184. The zero-order valence-electron chi connectivity index (χ0n) is 9.70. The van der Waals surface area contributed by atoms with Crippen LogP contribution in [0.25, 0.3) is 0 Å². The maximum Gasteiger partial charge on any atom is 0.250 e. The topological polar surface area (TPSA) is 34.0 Å². The average Bonchev–Trinajstić information content (AvgIpc) is 2.31. The fourth-order valence-electron chi connectivity index (χ4n) is 3.25. The molecule has 16 heavy (non-hydrogen) atoms. The number of hydrogen-bond donors (Lipinski definition) is 1. The average molecular weight is 218 g/mol. The third-order valence-electron chi connectivity index (χ3n) is 3.96. The van der Waals surface area contributed by atoms with Crippen molar-refractivity contribution in [2.24, 2.45) is 5.92 Å². The molecule has 1 aromatic rings. The highest BCUT2D eigenvalue weighted by Gasteiger charge is 2.31. The molecule has 2 atom stereocenters. The van der Waals surface area contributed by atoms with Crippen LogP contribution in [0.5, 0.6) is 0 Å². The van der Waals surface area contributed by atoms with Crippen LogP contribution in [-0.2, 0) is 13.0 Å². The molecule has 86 valence electrons. The van der Waals surface area contributed by atoms with Gasteiger partial charge in [0.1, 0.15) is 0 Å². The summed E-state index contributed by atoms with van der Waals surface area (Å²) in [4.78, 5) is 11.9. The van der Waals surface area contributed by atoms with E-state index in [1.807, 2.05) is 10.6 Å². The fourth-order valence-corrected chi connectivity index (χ4v) is 3.25. The maximum absolute atomic E-state index is 11.9. The van der Waals surface area contributed by atoms with Gasteiger partial charge in [-0.25, -0.2) is 0 Å². The van der Waals surface area contributed by atoms with Crippen LogP contribution in [0.1, 0.15) is 30.5 Å². The highest BCUT2D eigenvalue weighted by atomic mass is 16.1. The van der Waals surface area contributed by atoms with E-state index in [0.717, 1.165) is 26.1 Å². The second-order valence-corrected chi connectivity index (χ2v) is 5.00. The lowest BCUT2D eigenvalue weighted by Gasteiger charge is -2.38. The molecule has 0 aliphatic carbocycles. The molecule has 0 amide bonds. The van der Waals surface area contributed by atoms with E-state index >= 15 is 0 Å². The minimum atomic E-state index is 0.184. The Kier molecular flexibility index (Phi) is 2.36. The lowest BCUT2D eigenvalue weighted by Crippen LogP contribution is -2.45. The van der Waals surface area contributed by atoms with E-state index in [9.17, 15) is 4.79 Å². The van der Waals surface area contributed by atoms with Crippen LogP contribution >= 0.6 is 0 Å². The third-order valence-corrected chi connectivity index (χ3v) is 3.96. The predicted molar refractivity (Wildman–Crippen MR) is 63.8 cm³/mol. The molecule has 0 saturated carbocycles. The van der Waals surface area contributed by atoms with Gasteiger partial charge in [-0.05, 0) is 30.9 Å². The number of nitrogens with one attached hydrogen (secondary N) is 1. The Hall–Kier alpha value is -1.09. The van der Waals surface area contributed by atoms with Crippen LogP contribution in [0.4, 0.5) is 0 Å². The van der Waals surface area contributed by atoms with Gasteiger partial charge in [0.2, 0.25) is 0 Å². The largest absolute Gasteiger partial charge is 0.316 e. The van der Waals surface area contributed by atoms with Crippen LogP contribution in [0.3, 0.4) is 0 Å². The van der Waals surface area contributed by atoms with Crippen molar-refractivity contribution >= 4 is 0 Å². The van der Waals surface area contributed by atoms with Gasteiger partial charge in [-0.1, -0.05) is 13.0 Å². The summed E-state index contributed by atoms with van der Waals surface area (Å²) in [7, 11) is 0. The zero-order chi connectivity index (χ0) is 11.1. The Bertz CT molecular complexity index is 463. The molecule has 3 heteroatoms. The first-order valence-electron chi connectivity index (χ1n) is 6.23. The summed E-state index contributed by atoms with van der Waals surface area (Å²) in [6.45, 7) is 5.18. The van der Waals surface area contributed by atoms with E-state index in [2.05, 4.69) is 12.2 Å². The fraction of sp³-hybridized carbons (Fsp3) is 0.615. The Morgan fingerprint density at radius 1 is 1.44 bits per heavy atom. The van der Waals surface area contributed by atoms with E-state index < -0.39 is 0 Å². The number of pyridine rings is 1. The highest BCUT2D eigenvalue weighted by molar-refractivity contribution is 5.27. The third kappa shape index (κ3) is 1.42. The summed E-state index contributed by atoms with van der Waals surface area (Å²) in [6, 6.07) is 3.75. The molecule has 1 N–H and O–H groups in total. The summed E-state index contributed by atoms with van der Waals surface area (Å²) in [6.07, 6.45) is 2.28. The van der Waals surface area contributed by atoms with Crippen molar-refractivity contribution < 1.29 is 0 Å². The molecule has 3 heterocycles. The molecule has 0 spiro atoms. The molecular formula is C13H18N2O. The van der Waals surface area contributed by atoms with Gasteiger partial charge in [0, 0.05) is 30.8 Å². The summed E-state index contributed by atoms with van der Waals surface area (Å²) in [5, 5.41) is 3.48.